The molecule has 0 aromatic heterocycles. The van der Waals surface area contributed by atoms with Crippen molar-refractivity contribution in [1.82, 2.24) is 0 Å². The summed E-state index contributed by atoms with van der Waals surface area (Å²) in [7, 11) is 1.45. The van der Waals surface area contributed by atoms with Gasteiger partial charge in [-0.15, -0.1) is 0 Å². The minimum Gasteiger partial charge on any atom is -0.494 e. The van der Waals surface area contributed by atoms with Crippen LogP contribution in [0.15, 0.2) is 36.4 Å². The van der Waals surface area contributed by atoms with Crippen LogP contribution in [0.25, 0.3) is 0 Å². The van der Waals surface area contributed by atoms with Crippen molar-refractivity contribution in [3.05, 3.63) is 57.6 Å². The first-order chi connectivity index (χ1) is 10.5. The van der Waals surface area contributed by atoms with Gasteiger partial charge in [0.15, 0.2) is 5.75 Å². The fourth-order valence-electron chi connectivity index (χ4n) is 1.89. The fourth-order valence-corrected chi connectivity index (χ4v) is 2.53. The first-order valence-electron chi connectivity index (χ1n) is 6.35. The molecule has 1 N–H and O–H groups in total. The number of nitrogens with one attached hydrogen (secondary N) is 1. The van der Waals surface area contributed by atoms with Gasteiger partial charge < -0.3 is 10.1 Å². The van der Waals surface area contributed by atoms with Crippen molar-refractivity contribution < 1.29 is 9.53 Å². The van der Waals surface area contributed by atoms with Gasteiger partial charge in [-0.25, -0.2) is 0 Å². The fraction of sp³-hybridized carbons (Fsp3) is 0.125. The van der Waals surface area contributed by atoms with Gasteiger partial charge in [-0.2, -0.15) is 5.26 Å². The van der Waals surface area contributed by atoms with E-state index in [1.165, 1.54) is 19.2 Å². The minimum atomic E-state index is -0.334. The van der Waals surface area contributed by atoms with E-state index in [0.717, 1.165) is 5.56 Å². The highest BCUT2D eigenvalue weighted by atomic mass is 35.5. The first kappa shape index (κ1) is 16.2. The van der Waals surface area contributed by atoms with Crippen LogP contribution in [0.4, 0.5) is 5.69 Å². The Hall–Kier alpha value is -2.22. The van der Waals surface area contributed by atoms with Gasteiger partial charge >= 0.3 is 0 Å². The van der Waals surface area contributed by atoms with Gasteiger partial charge in [-0.05, 0) is 29.8 Å². The van der Waals surface area contributed by atoms with Gasteiger partial charge in [0.05, 0.1) is 29.6 Å². The molecular weight excluding hydrogens is 323 g/mol. The van der Waals surface area contributed by atoms with E-state index in [4.69, 9.17) is 33.2 Å². The van der Waals surface area contributed by atoms with E-state index in [1.807, 2.05) is 0 Å². The molecule has 2 aromatic carbocycles. The standard InChI is InChI=1S/C16H12Cl2N2O2/c1-22-15-13(17)8-11(9-14(15)18)16(21)20-12-4-2-10(3-5-12)6-7-19/h2-5,8-9H,6H2,1H3,(H,20,21). The van der Waals surface area contributed by atoms with E-state index in [9.17, 15) is 4.79 Å². The van der Waals surface area contributed by atoms with Crippen molar-refractivity contribution in [3.8, 4) is 11.8 Å². The number of methoxy groups -OCH3 is 1. The first-order valence-corrected chi connectivity index (χ1v) is 7.11. The van der Waals surface area contributed by atoms with Crippen molar-refractivity contribution in [3.63, 3.8) is 0 Å². The quantitative estimate of drug-likeness (QED) is 0.905. The molecule has 2 aromatic rings. The third-order valence-electron chi connectivity index (χ3n) is 2.96. The Morgan fingerprint density at radius 3 is 2.32 bits per heavy atom. The summed E-state index contributed by atoms with van der Waals surface area (Å²) >= 11 is 12.0. The Bertz CT molecular complexity index is 714. The molecule has 0 atom stereocenters. The van der Waals surface area contributed by atoms with Crippen LogP contribution in [0.1, 0.15) is 15.9 Å². The number of rotatable bonds is 4. The predicted molar refractivity (Wildman–Crippen MR) is 86.7 cm³/mol. The second-order valence-electron chi connectivity index (χ2n) is 4.46. The van der Waals surface area contributed by atoms with Crippen LogP contribution in [-0.4, -0.2) is 13.0 Å². The maximum absolute atomic E-state index is 12.2. The van der Waals surface area contributed by atoms with E-state index in [0.29, 0.717) is 23.4 Å². The van der Waals surface area contributed by atoms with Crippen molar-refractivity contribution >= 4 is 34.8 Å². The highest BCUT2D eigenvalue weighted by Crippen LogP contribution is 2.34. The maximum atomic E-state index is 12.2. The highest BCUT2D eigenvalue weighted by Gasteiger charge is 2.13. The number of hydrogen-bond acceptors (Lipinski definition) is 3. The number of anilines is 1. The molecule has 4 nitrogen and oxygen atoms in total. The summed E-state index contributed by atoms with van der Waals surface area (Å²) in [5.74, 6) is 0.000209. The lowest BCUT2D eigenvalue weighted by atomic mass is 10.1. The Morgan fingerprint density at radius 1 is 1.23 bits per heavy atom. The Labute approximate surface area is 138 Å². The molecule has 0 unspecified atom stereocenters. The molecule has 0 radical (unpaired) electrons. The summed E-state index contributed by atoms with van der Waals surface area (Å²) < 4.78 is 5.04. The number of benzene rings is 2. The SMILES string of the molecule is COc1c(Cl)cc(C(=O)Nc2ccc(CC#N)cc2)cc1Cl. The molecular formula is C16H12Cl2N2O2. The van der Waals surface area contributed by atoms with Gasteiger partial charge in [-0.1, -0.05) is 35.3 Å². The number of nitrogens with zero attached hydrogens (tertiary/aromatic N) is 1. The zero-order valence-electron chi connectivity index (χ0n) is 11.7. The lowest BCUT2D eigenvalue weighted by Crippen LogP contribution is -2.12. The molecule has 0 aliphatic heterocycles. The molecule has 0 aliphatic rings. The van der Waals surface area contributed by atoms with Crippen LogP contribution >= 0.6 is 23.2 Å². The van der Waals surface area contributed by atoms with Crippen molar-refractivity contribution in [2.24, 2.45) is 0 Å². The maximum Gasteiger partial charge on any atom is 0.255 e. The van der Waals surface area contributed by atoms with E-state index in [-0.39, 0.29) is 16.0 Å². The van der Waals surface area contributed by atoms with Crippen LogP contribution in [0.2, 0.25) is 10.0 Å². The molecule has 0 heterocycles. The molecule has 0 saturated carbocycles. The smallest absolute Gasteiger partial charge is 0.255 e. The Balaban J connectivity index is 2.17. The monoisotopic (exact) mass is 334 g/mol. The Kier molecular flexibility index (Phi) is 5.26. The predicted octanol–water partition coefficient (Wildman–Crippen LogP) is 4.32. The molecule has 22 heavy (non-hydrogen) atoms. The second-order valence-corrected chi connectivity index (χ2v) is 5.27. The molecule has 2 rings (SSSR count). The summed E-state index contributed by atoms with van der Waals surface area (Å²) in [6.45, 7) is 0. The number of hydrogen-bond donors (Lipinski definition) is 1. The summed E-state index contributed by atoms with van der Waals surface area (Å²) in [6, 6.07) is 12.1. The van der Waals surface area contributed by atoms with E-state index < -0.39 is 0 Å². The van der Waals surface area contributed by atoms with Crippen LogP contribution in [0.3, 0.4) is 0 Å². The zero-order chi connectivity index (χ0) is 16.1. The Morgan fingerprint density at radius 2 is 1.82 bits per heavy atom. The van der Waals surface area contributed by atoms with Crippen molar-refractivity contribution in [1.29, 1.82) is 5.26 Å². The van der Waals surface area contributed by atoms with Crippen molar-refractivity contribution in [2.75, 3.05) is 12.4 Å². The molecule has 1 amide bonds. The molecule has 6 heteroatoms. The van der Waals surface area contributed by atoms with Crippen molar-refractivity contribution in [2.45, 2.75) is 6.42 Å². The third kappa shape index (κ3) is 3.70. The molecule has 112 valence electrons. The van der Waals surface area contributed by atoms with Gasteiger partial charge in [0.2, 0.25) is 0 Å². The highest BCUT2D eigenvalue weighted by molar-refractivity contribution is 6.37. The number of nitriles is 1. The normalized spacial score (nSPS) is 9.91. The van der Waals surface area contributed by atoms with E-state index in [1.54, 1.807) is 24.3 Å². The summed E-state index contributed by atoms with van der Waals surface area (Å²) in [4.78, 5) is 12.2. The lowest BCUT2D eigenvalue weighted by molar-refractivity contribution is 0.102. The van der Waals surface area contributed by atoms with Gasteiger partial charge in [0.1, 0.15) is 0 Å². The second kappa shape index (κ2) is 7.17. The number of ether oxygens (including phenoxy) is 1. The summed E-state index contributed by atoms with van der Waals surface area (Å²) in [5, 5.41) is 11.9. The van der Waals surface area contributed by atoms with Crippen LogP contribution < -0.4 is 10.1 Å². The zero-order valence-corrected chi connectivity index (χ0v) is 13.2. The number of halogens is 2. The van der Waals surface area contributed by atoms with Crippen LogP contribution in [-0.2, 0) is 6.42 Å². The average molecular weight is 335 g/mol. The molecule has 0 fully saturated rings. The van der Waals surface area contributed by atoms with Gasteiger partial charge in [0.25, 0.3) is 5.91 Å². The van der Waals surface area contributed by atoms with Crippen LogP contribution in [0, 0.1) is 11.3 Å². The molecule has 0 bridgehead atoms. The minimum absolute atomic E-state index is 0.268. The summed E-state index contributed by atoms with van der Waals surface area (Å²) in [6.07, 6.45) is 0.331. The van der Waals surface area contributed by atoms with E-state index in [2.05, 4.69) is 11.4 Å². The summed E-state index contributed by atoms with van der Waals surface area (Å²) in [5.41, 5.74) is 1.84. The molecule has 0 saturated heterocycles. The van der Waals surface area contributed by atoms with Gasteiger partial charge in [0, 0.05) is 11.3 Å². The lowest BCUT2D eigenvalue weighted by Gasteiger charge is -2.09. The van der Waals surface area contributed by atoms with Gasteiger partial charge in [-0.3, -0.25) is 4.79 Å². The van der Waals surface area contributed by atoms with Crippen LogP contribution in [0.5, 0.6) is 5.75 Å². The molecule has 0 spiro atoms. The number of carbonyl (C=O) groups excluding carboxylic acids is 1. The largest absolute Gasteiger partial charge is 0.494 e. The number of carbonyl (C=O) groups is 1. The number of amides is 1. The topological polar surface area (TPSA) is 62.1 Å². The third-order valence-corrected chi connectivity index (χ3v) is 3.52. The average Bonchev–Trinajstić information content (AvgIpc) is 2.49. The molecule has 0 aliphatic carbocycles. The van der Waals surface area contributed by atoms with E-state index >= 15 is 0 Å².